The molecule has 5 heteroatoms. The van der Waals surface area contributed by atoms with Gasteiger partial charge in [-0.1, -0.05) is 70.4 Å². The molecule has 0 saturated carbocycles. The summed E-state index contributed by atoms with van der Waals surface area (Å²) in [5, 5.41) is 28.7. The Bertz CT molecular complexity index is 374. The Kier molecular flexibility index (Phi) is 15.9. The van der Waals surface area contributed by atoms with Crippen LogP contribution < -0.4 is 0 Å². The van der Waals surface area contributed by atoms with Gasteiger partial charge in [-0.25, -0.2) is 0 Å². The molecule has 0 aliphatic carbocycles. The molecule has 1 fully saturated rings. The van der Waals surface area contributed by atoms with Crippen molar-refractivity contribution in [1.29, 1.82) is 0 Å². The molecule has 0 aromatic heterocycles. The summed E-state index contributed by atoms with van der Waals surface area (Å²) in [6, 6.07) is 0. The quantitative estimate of drug-likeness (QED) is 0.238. The van der Waals surface area contributed by atoms with E-state index < -0.39 is 24.4 Å². The molecular weight excluding hydrogens is 356 g/mol. The first-order valence-corrected chi connectivity index (χ1v) is 11.6. The molecule has 0 aromatic rings. The zero-order chi connectivity index (χ0) is 20.5. The smallest absolute Gasteiger partial charge is 0.114 e. The van der Waals surface area contributed by atoms with E-state index in [1.807, 2.05) is 0 Å². The fourth-order valence-corrected chi connectivity index (χ4v) is 3.61. The van der Waals surface area contributed by atoms with Crippen LogP contribution in [0.2, 0.25) is 0 Å². The number of ether oxygens (including phenoxy) is 2. The van der Waals surface area contributed by atoms with Crippen molar-refractivity contribution in [1.82, 2.24) is 0 Å². The van der Waals surface area contributed by atoms with E-state index >= 15 is 0 Å². The van der Waals surface area contributed by atoms with Gasteiger partial charge < -0.3 is 24.8 Å². The van der Waals surface area contributed by atoms with Crippen molar-refractivity contribution >= 4 is 0 Å². The minimum atomic E-state index is -0.985. The molecule has 0 radical (unpaired) electrons. The van der Waals surface area contributed by atoms with Crippen molar-refractivity contribution in [2.24, 2.45) is 0 Å². The summed E-state index contributed by atoms with van der Waals surface area (Å²) in [7, 11) is 0. The Morgan fingerprint density at radius 3 is 2.00 bits per heavy atom. The van der Waals surface area contributed by atoms with Crippen LogP contribution in [0.1, 0.15) is 90.4 Å². The molecule has 1 rings (SSSR count). The lowest BCUT2D eigenvalue weighted by Gasteiger charge is -2.24. The second kappa shape index (κ2) is 17.4. The standard InChI is InChI=1S/C23H44O5/c1-2-3-4-5-6-7-8-9-10-11-12-13-14-15-16-17-27-21(18-24)23-22(26)20(25)19-28-23/h12-13,20-26H,2-11,14-19H2,1H3/b13-12+/t20-,21+,22+,23+/m0/s1. The number of hydrogen-bond donors (Lipinski definition) is 3. The molecule has 5 nitrogen and oxygen atoms in total. The zero-order valence-corrected chi connectivity index (χ0v) is 17.9. The van der Waals surface area contributed by atoms with E-state index in [0.717, 1.165) is 19.3 Å². The predicted octanol–water partition coefficient (Wildman–Crippen LogP) is 4.13. The van der Waals surface area contributed by atoms with E-state index in [-0.39, 0.29) is 13.2 Å². The third kappa shape index (κ3) is 11.5. The summed E-state index contributed by atoms with van der Waals surface area (Å²) in [6.45, 7) is 2.67. The van der Waals surface area contributed by atoms with E-state index in [9.17, 15) is 15.3 Å². The van der Waals surface area contributed by atoms with Gasteiger partial charge in [-0.05, 0) is 32.1 Å². The van der Waals surface area contributed by atoms with Crippen molar-refractivity contribution in [3.63, 3.8) is 0 Å². The Morgan fingerprint density at radius 2 is 1.46 bits per heavy atom. The zero-order valence-electron chi connectivity index (χ0n) is 17.9. The fraction of sp³-hybridized carbons (Fsp3) is 0.913. The van der Waals surface area contributed by atoms with Crippen LogP contribution >= 0.6 is 0 Å². The van der Waals surface area contributed by atoms with E-state index in [1.165, 1.54) is 64.2 Å². The highest BCUT2D eigenvalue weighted by Crippen LogP contribution is 2.19. The molecule has 0 amide bonds. The van der Waals surface area contributed by atoms with E-state index in [4.69, 9.17) is 9.47 Å². The topological polar surface area (TPSA) is 79.2 Å². The Morgan fingerprint density at radius 1 is 0.893 bits per heavy atom. The van der Waals surface area contributed by atoms with Crippen molar-refractivity contribution < 1.29 is 24.8 Å². The Hall–Kier alpha value is -0.460. The van der Waals surface area contributed by atoms with Crippen molar-refractivity contribution in [3.8, 4) is 0 Å². The maximum absolute atomic E-state index is 9.82. The molecule has 28 heavy (non-hydrogen) atoms. The Labute approximate surface area is 172 Å². The minimum Gasteiger partial charge on any atom is -0.394 e. The number of aliphatic hydroxyl groups is 3. The van der Waals surface area contributed by atoms with Crippen molar-refractivity contribution in [2.75, 3.05) is 19.8 Å². The lowest BCUT2D eigenvalue weighted by molar-refractivity contribution is -0.101. The number of unbranched alkanes of at least 4 members (excludes halogenated alkanes) is 11. The monoisotopic (exact) mass is 400 g/mol. The van der Waals surface area contributed by atoms with Gasteiger partial charge in [0.15, 0.2) is 0 Å². The van der Waals surface area contributed by atoms with Crippen LogP contribution in [0.5, 0.6) is 0 Å². The number of hydrogen-bond acceptors (Lipinski definition) is 5. The van der Waals surface area contributed by atoms with Crippen LogP contribution in [0.15, 0.2) is 12.2 Å². The van der Waals surface area contributed by atoms with Crippen LogP contribution in [0.3, 0.4) is 0 Å². The molecule has 1 aliphatic heterocycles. The summed E-state index contributed by atoms with van der Waals surface area (Å²) in [5.74, 6) is 0. The van der Waals surface area contributed by atoms with Gasteiger partial charge in [-0.15, -0.1) is 0 Å². The van der Waals surface area contributed by atoms with Crippen molar-refractivity contribution in [2.45, 2.75) is 115 Å². The molecule has 0 aromatic carbocycles. The van der Waals surface area contributed by atoms with Gasteiger partial charge in [0.05, 0.1) is 13.2 Å². The Balaban J connectivity index is 1.89. The van der Waals surface area contributed by atoms with Crippen LogP contribution in [-0.2, 0) is 9.47 Å². The lowest BCUT2D eigenvalue weighted by atomic mass is 10.1. The van der Waals surface area contributed by atoms with E-state index in [1.54, 1.807) is 0 Å². The number of allylic oxidation sites excluding steroid dienone is 2. The maximum atomic E-state index is 9.82. The average Bonchev–Trinajstić information content (AvgIpc) is 3.03. The summed E-state index contributed by atoms with van der Waals surface area (Å²) >= 11 is 0. The van der Waals surface area contributed by atoms with Gasteiger partial charge >= 0.3 is 0 Å². The summed E-state index contributed by atoms with van der Waals surface area (Å²) in [6.07, 6.45) is 18.0. The SMILES string of the molecule is CCCCCCCCCCC/C=C/CCCCO[C@H](CO)[C@H]1OC[C@H](O)[C@H]1O. The van der Waals surface area contributed by atoms with Gasteiger partial charge in [0.1, 0.15) is 24.4 Å². The second-order valence-corrected chi connectivity index (χ2v) is 8.03. The predicted molar refractivity (Wildman–Crippen MR) is 113 cm³/mol. The first kappa shape index (κ1) is 25.6. The minimum absolute atomic E-state index is 0.0927. The summed E-state index contributed by atoms with van der Waals surface area (Å²) < 4.78 is 11.0. The van der Waals surface area contributed by atoms with Crippen LogP contribution in [0, 0.1) is 0 Å². The van der Waals surface area contributed by atoms with E-state index in [0.29, 0.717) is 6.61 Å². The maximum Gasteiger partial charge on any atom is 0.114 e. The van der Waals surface area contributed by atoms with Gasteiger partial charge in [0, 0.05) is 6.61 Å². The molecule has 1 saturated heterocycles. The fourth-order valence-electron chi connectivity index (χ4n) is 3.61. The molecule has 3 N–H and O–H groups in total. The van der Waals surface area contributed by atoms with E-state index in [2.05, 4.69) is 19.1 Å². The second-order valence-electron chi connectivity index (χ2n) is 8.03. The normalized spacial score (nSPS) is 23.6. The number of aliphatic hydroxyl groups excluding tert-OH is 3. The molecule has 0 spiro atoms. The van der Waals surface area contributed by atoms with Gasteiger partial charge in [0.25, 0.3) is 0 Å². The van der Waals surface area contributed by atoms with Crippen LogP contribution in [0.4, 0.5) is 0 Å². The molecule has 166 valence electrons. The highest BCUT2D eigenvalue weighted by atomic mass is 16.6. The van der Waals surface area contributed by atoms with Crippen LogP contribution in [-0.4, -0.2) is 59.6 Å². The third-order valence-electron chi connectivity index (χ3n) is 5.47. The van der Waals surface area contributed by atoms with Crippen molar-refractivity contribution in [3.05, 3.63) is 12.2 Å². The van der Waals surface area contributed by atoms with Gasteiger partial charge in [-0.3, -0.25) is 0 Å². The third-order valence-corrected chi connectivity index (χ3v) is 5.47. The van der Waals surface area contributed by atoms with Crippen LogP contribution in [0.25, 0.3) is 0 Å². The molecule has 0 unspecified atom stereocenters. The lowest BCUT2D eigenvalue weighted by Crippen LogP contribution is -2.42. The highest BCUT2D eigenvalue weighted by molar-refractivity contribution is 4.88. The van der Waals surface area contributed by atoms with Gasteiger partial charge in [-0.2, -0.15) is 0 Å². The molecule has 0 bridgehead atoms. The summed E-state index contributed by atoms with van der Waals surface area (Å²) in [4.78, 5) is 0. The molecule has 1 aliphatic rings. The van der Waals surface area contributed by atoms with Gasteiger partial charge in [0.2, 0.25) is 0 Å². The summed E-state index contributed by atoms with van der Waals surface area (Å²) in [5.41, 5.74) is 0. The first-order chi connectivity index (χ1) is 13.7. The molecule has 1 heterocycles. The number of rotatable bonds is 18. The average molecular weight is 401 g/mol. The molecule has 4 atom stereocenters. The first-order valence-electron chi connectivity index (χ1n) is 11.6. The largest absolute Gasteiger partial charge is 0.394 e. The molecular formula is C23H44O5. The highest BCUT2D eigenvalue weighted by Gasteiger charge is 2.40.